The molecule has 12 heteroatoms. The van der Waals surface area contributed by atoms with Crippen molar-refractivity contribution in [2.75, 3.05) is 21.6 Å². The molecule has 8 nitrogen and oxygen atoms in total. The molecule has 0 aliphatic rings. The molecule has 3 aromatic rings. The molecule has 0 fully saturated rings. The minimum absolute atomic E-state index is 0.0746. The lowest BCUT2D eigenvalue weighted by Gasteiger charge is -2.21. The van der Waals surface area contributed by atoms with E-state index in [1.165, 1.54) is 24.3 Å². The Morgan fingerprint density at radius 1 is 1.22 bits per heavy atom. The minimum atomic E-state index is -3.66. The zero-order valence-corrected chi connectivity index (χ0v) is 19.9. The number of benzene rings is 2. The second-order valence-electron chi connectivity index (χ2n) is 7.00. The van der Waals surface area contributed by atoms with Crippen molar-refractivity contribution in [3.8, 4) is 0 Å². The Hall–Kier alpha value is -2.63. The molecule has 1 heterocycles. The maximum atomic E-state index is 13.2. The van der Waals surface area contributed by atoms with Crippen LogP contribution in [0, 0.1) is 12.7 Å². The third-order valence-corrected chi connectivity index (χ3v) is 7.08. The molecule has 0 aliphatic carbocycles. The first-order valence-corrected chi connectivity index (χ1v) is 12.6. The van der Waals surface area contributed by atoms with Crippen molar-refractivity contribution in [2.45, 2.75) is 18.6 Å². The number of aryl methyl sites for hydroxylation is 1. The Balaban J connectivity index is 1.68. The van der Waals surface area contributed by atoms with Gasteiger partial charge in [0.1, 0.15) is 5.82 Å². The Morgan fingerprint density at radius 3 is 2.53 bits per heavy atom. The Morgan fingerprint density at radius 2 is 1.91 bits per heavy atom. The van der Waals surface area contributed by atoms with E-state index < -0.39 is 15.8 Å². The summed E-state index contributed by atoms with van der Waals surface area (Å²) in [4.78, 5) is 12.3. The number of amides is 1. The average molecular weight is 498 g/mol. The number of aromatic nitrogens is 3. The third kappa shape index (κ3) is 5.99. The van der Waals surface area contributed by atoms with Gasteiger partial charge in [-0.25, -0.2) is 12.8 Å². The standard InChI is InChI=1S/C20H21ClFN5O3S2/c1-13-4-7-15(10-17(13)21)23-19(28)12-31-20-25-24-18(26(20)2)11-27(32(3,29)30)16-8-5-14(22)6-9-16/h4-10H,11-12H2,1-3H3,(H,23,28). The number of halogens is 2. The number of nitrogens with zero attached hydrogens (tertiary/aromatic N) is 4. The zero-order chi connectivity index (χ0) is 23.5. The smallest absolute Gasteiger partial charge is 0.234 e. The molecule has 170 valence electrons. The van der Waals surface area contributed by atoms with Gasteiger partial charge in [-0.3, -0.25) is 9.10 Å². The molecule has 1 aromatic heterocycles. The number of anilines is 2. The van der Waals surface area contributed by atoms with Crippen LogP contribution in [0.4, 0.5) is 15.8 Å². The molecular formula is C20H21ClFN5O3S2. The lowest BCUT2D eigenvalue weighted by atomic mass is 10.2. The highest BCUT2D eigenvalue weighted by Crippen LogP contribution is 2.23. The fourth-order valence-corrected chi connectivity index (χ4v) is 4.51. The molecule has 0 aliphatic heterocycles. The van der Waals surface area contributed by atoms with Crippen molar-refractivity contribution >= 4 is 50.7 Å². The lowest BCUT2D eigenvalue weighted by molar-refractivity contribution is -0.113. The maximum absolute atomic E-state index is 13.2. The Bertz CT molecular complexity index is 1230. The van der Waals surface area contributed by atoms with Crippen molar-refractivity contribution in [3.63, 3.8) is 0 Å². The molecule has 0 saturated carbocycles. The maximum Gasteiger partial charge on any atom is 0.234 e. The minimum Gasteiger partial charge on any atom is -0.325 e. The largest absolute Gasteiger partial charge is 0.325 e. The molecule has 0 bridgehead atoms. The summed E-state index contributed by atoms with van der Waals surface area (Å²) < 4.78 is 40.5. The third-order valence-electron chi connectivity index (χ3n) is 4.51. The van der Waals surface area contributed by atoms with E-state index in [-0.39, 0.29) is 18.2 Å². The molecular weight excluding hydrogens is 477 g/mol. The second-order valence-corrected chi connectivity index (χ2v) is 10.3. The first-order valence-electron chi connectivity index (χ1n) is 9.35. The monoisotopic (exact) mass is 497 g/mol. The lowest BCUT2D eigenvalue weighted by Crippen LogP contribution is -2.30. The molecule has 0 atom stereocenters. The van der Waals surface area contributed by atoms with Crippen LogP contribution in [0.1, 0.15) is 11.4 Å². The van der Waals surface area contributed by atoms with Crippen molar-refractivity contribution in [2.24, 2.45) is 7.05 Å². The summed E-state index contributed by atoms with van der Waals surface area (Å²) in [6.45, 7) is 1.78. The van der Waals surface area contributed by atoms with Crippen LogP contribution >= 0.6 is 23.4 Å². The highest BCUT2D eigenvalue weighted by atomic mass is 35.5. The van der Waals surface area contributed by atoms with Gasteiger partial charge in [0.2, 0.25) is 15.9 Å². The summed E-state index contributed by atoms with van der Waals surface area (Å²) in [6, 6.07) is 10.4. The van der Waals surface area contributed by atoms with E-state index in [0.29, 0.717) is 27.4 Å². The zero-order valence-electron chi connectivity index (χ0n) is 17.5. The first kappa shape index (κ1) is 24.0. The van der Waals surface area contributed by atoms with Gasteiger partial charge in [0, 0.05) is 17.8 Å². The van der Waals surface area contributed by atoms with Crippen molar-refractivity contribution in [1.29, 1.82) is 0 Å². The first-order chi connectivity index (χ1) is 15.0. The van der Waals surface area contributed by atoms with Gasteiger partial charge >= 0.3 is 0 Å². The van der Waals surface area contributed by atoms with Crippen LogP contribution < -0.4 is 9.62 Å². The topological polar surface area (TPSA) is 97.2 Å². The van der Waals surface area contributed by atoms with Gasteiger partial charge in [0.15, 0.2) is 11.0 Å². The Kier molecular flexibility index (Phi) is 7.42. The summed E-state index contributed by atoms with van der Waals surface area (Å²) in [5.74, 6) is -0.271. The second kappa shape index (κ2) is 9.88. The van der Waals surface area contributed by atoms with Crippen molar-refractivity contribution in [1.82, 2.24) is 14.8 Å². The molecule has 2 aromatic carbocycles. The molecule has 32 heavy (non-hydrogen) atoms. The number of sulfonamides is 1. The van der Waals surface area contributed by atoms with Gasteiger partial charge in [-0.05, 0) is 48.9 Å². The van der Waals surface area contributed by atoms with E-state index in [1.807, 2.05) is 13.0 Å². The number of thioether (sulfide) groups is 1. The SMILES string of the molecule is Cc1ccc(NC(=O)CSc2nnc(CN(c3ccc(F)cc3)S(C)(=O)=O)n2C)cc1Cl. The van der Waals surface area contributed by atoms with Gasteiger partial charge in [-0.2, -0.15) is 0 Å². The Labute approximate surface area is 194 Å². The van der Waals surface area contributed by atoms with Crippen LogP contribution in [-0.2, 0) is 28.4 Å². The van der Waals surface area contributed by atoms with Crippen molar-refractivity contribution in [3.05, 3.63) is 64.7 Å². The number of carbonyl (C=O) groups excluding carboxylic acids is 1. The van der Waals surface area contributed by atoms with Crippen LogP contribution in [0.2, 0.25) is 5.02 Å². The van der Waals surface area contributed by atoms with E-state index in [1.54, 1.807) is 23.7 Å². The summed E-state index contributed by atoms with van der Waals surface area (Å²) in [5, 5.41) is 11.9. The molecule has 3 rings (SSSR count). The number of hydrogen-bond donors (Lipinski definition) is 1. The number of rotatable bonds is 8. The molecule has 0 saturated heterocycles. The average Bonchev–Trinajstić information content (AvgIpc) is 3.07. The van der Waals surface area contributed by atoms with Gasteiger partial charge in [0.05, 0.1) is 24.2 Å². The molecule has 0 radical (unpaired) electrons. The molecule has 1 N–H and O–H groups in total. The summed E-state index contributed by atoms with van der Waals surface area (Å²) >= 11 is 7.24. The van der Waals surface area contributed by atoms with E-state index in [0.717, 1.165) is 27.9 Å². The fourth-order valence-electron chi connectivity index (χ4n) is 2.74. The predicted octanol–water partition coefficient (Wildman–Crippen LogP) is 3.61. The van der Waals surface area contributed by atoms with Crippen LogP contribution in [0.25, 0.3) is 0 Å². The predicted molar refractivity (Wildman–Crippen MR) is 124 cm³/mol. The summed E-state index contributed by atoms with van der Waals surface area (Å²) in [5.41, 5.74) is 1.81. The molecule has 0 unspecified atom stereocenters. The fraction of sp³-hybridized carbons (Fsp3) is 0.250. The summed E-state index contributed by atoms with van der Waals surface area (Å²) in [6.07, 6.45) is 1.06. The highest BCUT2D eigenvalue weighted by Gasteiger charge is 2.22. The normalized spacial score (nSPS) is 11.4. The van der Waals surface area contributed by atoms with E-state index in [9.17, 15) is 17.6 Å². The molecule has 0 spiro atoms. The van der Waals surface area contributed by atoms with Crippen LogP contribution in [0.3, 0.4) is 0 Å². The van der Waals surface area contributed by atoms with Crippen molar-refractivity contribution < 1.29 is 17.6 Å². The summed E-state index contributed by atoms with van der Waals surface area (Å²) in [7, 11) is -1.97. The van der Waals surface area contributed by atoms with Gasteiger partial charge in [-0.1, -0.05) is 29.4 Å². The van der Waals surface area contributed by atoms with Gasteiger partial charge < -0.3 is 9.88 Å². The van der Waals surface area contributed by atoms with E-state index in [2.05, 4.69) is 15.5 Å². The van der Waals surface area contributed by atoms with E-state index in [4.69, 9.17) is 11.6 Å². The van der Waals surface area contributed by atoms with Gasteiger partial charge in [0.25, 0.3) is 0 Å². The number of hydrogen-bond acceptors (Lipinski definition) is 6. The number of nitrogens with one attached hydrogen (secondary N) is 1. The van der Waals surface area contributed by atoms with Crippen LogP contribution in [0.5, 0.6) is 0 Å². The van der Waals surface area contributed by atoms with Crippen LogP contribution in [0.15, 0.2) is 47.6 Å². The van der Waals surface area contributed by atoms with Gasteiger partial charge in [-0.15, -0.1) is 10.2 Å². The quantitative estimate of drug-likeness (QED) is 0.477. The van der Waals surface area contributed by atoms with Crippen LogP contribution in [-0.4, -0.2) is 41.1 Å². The number of carbonyl (C=O) groups is 1. The molecule has 1 amide bonds. The highest BCUT2D eigenvalue weighted by molar-refractivity contribution is 7.99. The van der Waals surface area contributed by atoms with E-state index >= 15 is 0 Å².